The fourth-order valence-corrected chi connectivity index (χ4v) is 5.50. The van der Waals surface area contributed by atoms with Crippen LogP contribution < -0.4 is 5.32 Å². The third-order valence-electron chi connectivity index (χ3n) is 6.55. The van der Waals surface area contributed by atoms with Crippen molar-refractivity contribution in [3.63, 3.8) is 0 Å². The number of hydrogen-bond donors (Lipinski definition) is 2. The molecule has 126 valence electrons. The summed E-state index contributed by atoms with van der Waals surface area (Å²) in [4.78, 5) is 12.2. The first-order valence-corrected chi connectivity index (χ1v) is 9.66. The summed E-state index contributed by atoms with van der Waals surface area (Å²) in [6.45, 7) is 3.14. The number of nitrogens with one attached hydrogen (secondary N) is 1. The lowest BCUT2D eigenvalue weighted by Crippen LogP contribution is -2.51. The lowest BCUT2D eigenvalue weighted by Gasteiger charge is -2.34. The molecular weight excluding hydrogens is 274 g/mol. The molecule has 3 saturated carbocycles. The molecule has 0 heterocycles. The number of Topliss-reactive ketones (excluding diaryl/α,β-unsaturated/α-hetero) is 1. The number of hydrogen-bond acceptors (Lipinski definition) is 3. The van der Waals surface area contributed by atoms with Gasteiger partial charge in [-0.25, -0.2) is 0 Å². The van der Waals surface area contributed by atoms with Crippen molar-refractivity contribution in [3.05, 3.63) is 0 Å². The SMILES string of the molecule is CCCCCCCCNC1(O)CCC2CC3CCC(=O)C3C21. The molecule has 0 aliphatic heterocycles. The zero-order valence-electron chi connectivity index (χ0n) is 14.2. The van der Waals surface area contributed by atoms with Gasteiger partial charge in [0, 0.05) is 18.3 Å². The van der Waals surface area contributed by atoms with Crippen molar-refractivity contribution in [2.24, 2.45) is 23.7 Å². The van der Waals surface area contributed by atoms with E-state index in [9.17, 15) is 9.90 Å². The average molecular weight is 307 g/mol. The van der Waals surface area contributed by atoms with Crippen LogP contribution >= 0.6 is 0 Å². The summed E-state index contributed by atoms with van der Waals surface area (Å²) in [7, 11) is 0. The summed E-state index contributed by atoms with van der Waals surface area (Å²) in [5.41, 5.74) is -0.756. The van der Waals surface area contributed by atoms with Crippen molar-refractivity contribution in [2.45, 2.75) is 83.3 Å². The normalized spacial score (nSPS) is 40.2. The minimum absolute atomic E-state index is 0.162. The van der Waals surface area contributed by atoms with Gasteiger partial charge in [-0.3, -0.25) is 10.1 Å². The number of carbonyl (C=O) groups is 1. The van der Waals surface area contributed by atoms with Gasteiger partial charge in [0.2, 0.25) is 0 Å². The van der Waals surface area contributed by atoms with E-state index in [4.69, 9.17) is 0 Å². The van der Waals surface area contributed by atoms with Gasteiger partial charge in [-0.2, -0.15) is 0 Å². The van der Waals surface area contributed by atoms with Gasteiger partial charge >= 0.3 is 0 Å². The third-order valence-corrected chi connectivity index (χ3v) is 6.55. The predicted molar refractivity (Wildman–Crippen MR) is 88.4 cm³/mol. The largest absolute Gasteiger partial charge is 0.376 e. The Morgan fingerprint density at radius 1 is 1.14 bits per heavy atom. The highest BCUT2D eigenvalue weighted by Gasteiger charge is 2.60. The van der Waals surface area contributed by atoms with Crippen molar-refractivity contribution in [1.82, 2.24) is 5.32 Å². The minimum atomic E-state index is -0.756. The van der Waals surface area contributed by atoms with Crippen LogP contribution in [0.2, 0.25) is 0 Å². The van der Waals surface area contributed by atoms with Crippen LogP contribution in [0.3, 0.4) is 0 Å². The van der Waals surface area contributed by atoms with E-state index >= 15 is 0 Å². The number of fused-ring (bicyclic) bond motifs is 3. The molecule has 0 saturated heterocycles. The van der Waals surface area contributed by atoms with E-state index in [1.807, 2.05) is 0 Å². The smallest absolute Gasteiger partial charge is 0.136 e. The van der Waals surface area contributed by atoms with E-state index in [1.54, 1.807) is 0 Å². The first kappa shape index (κ1) is 16.4. The Balaban J connectivity index is 1.47. The van der Waals surface area contributed by atoms with Crippen molar-refractivity contribution in [1.29, 1.82) is 0 Å². The first-order chi connectivity index (χ1) is 10.7. The van der Waals surface area contributed by atoms with Gasteiger partial charge in [0.15, 0.2) is 0 Å². The predicted octanol–water partition coefficient (Wildman–Crippen LogP) is 3.65. The highest BCUT2D eigenvalue weighted by molar-refractivity contribution is 5.84. The number of carbonyl (C=O) groups excluding carboxylic acids is 1. The summed E-state index contributed by atoms with van der Waals surface area (Å²) in [5, 5.41) is 14.6. The lowest BCUT2D eigenvalue weighted by molar-refractivity contribution is -0.127. The van der Waals surface area contributed by atoms with Crippen LogP contribution in [0, 0.1) is 23.7 Å². The first-order valence-electron chi connectivity index (χ1n) is 9.66. The average Bonchev–Trinajstić information content (AvgIpc) is 3.12. The lowest BCUT2D eigenvalue weighted by atomic mass is 9.83. The molecule has 3 aliphatic carbocycles. The summed E-state index contributed by atoms with van der Waals surface area (Å²) in [5.74, 6) is 1.95. The van der Waals surface area contributed by atoms with Crippen molar-refractivity contribution in [2.75, 3.05) is 6.54 Å². The second kappa shape index (κ2) is 7.00. The Bertz CT molecular complexity index is 397. The molecule has 3 nitrogen and oxygen atoms in total. The van der Waals surface area contributed by atoms with E-state index in [2.05, 4.69) is 12.2 Å². The number of ketones is 1. The molecule has 0 aromatic carbocycles. The molecule has 5 unspecified atom stereocenters. The summed E-state index contributed by atoms with van der Waals surface area (Å²) < 4.78 is 0. The van der Waals surface area contributed by atoms with Crippen molar-refractivity contribution >= 4 is 5.78 Å². The monoisotopic (exact) mass is 307 g/mol. The van der Waals surface area contributed by atoms with Crippen LogP contribution in [-0.4, -0.2) is 23.2 Å². The second-order valence-corrected chi connectivity index (χ2v) is 7.97. The maximum atomic E-state index is 12.2. The van der Waals surface area contributed by atoms with Gasteiger partial charge in [-0.15, -0.1) is 0 Å². The van der Waals surface area contributed by atoms with E-state index in [0.29, 0.717) is 17.6 Å². The topological polar surface area (TPSA) is 49.3 Å². The fourth-order valence-electron chi connectivity index (χ4n) is 5.50. The summed E-state index contributed by atoms with van der Waals surface area (Å²) >= 11 is 0. The van der Waals surface area contributed by atoms with Crippen LogP contribution in [0.4, 0.5) is 0 Å². The molecule has 0 bridgehead atoms. The molecule has 2 N–H and O–H groups in total. The van der Waals surface area contributed by atoms with Crippen LogP contribution in [0.15, 0.2) is 0 Å². The van der Waals surface area contributed by atoms with Gasteiger partial charge in [0.25, 0.3) is 0 Å². The molecule has 22 heavy (non-hydrogen) atoms. The maximum absolute atomic E-state index is 12.2. The Hall–Kier alpha value is -0.410. The molecule has 3 fully saturated rings. The van der Waals surface area contributed by atoms with E-state index in [1.165, 1.54) is 38.5 Å². The van der Waals surface area contributed by atoms with Gasteiger partial charge in [-0.05, 0) is 50.5 Å². The third kappa shape index (κ3) is 3.12. The molecule has 5 atom stereocenters. The van der Waals surface area contributed by atoms with Gasteiger partial charge in [0.05, 0.1) is 0 Å². The van der Waals surface area contributed by atoms with Crippen LogP contribution in [-0.2, 0) is 4.79 Å². The zero-order valence-corrected chi connectivity index (χ0v) is 14.2. The highest BCUT2D eigenvalue weighted by Crippen LogP contribution is 2.58. The zero-order chi connectivity index (χ0) is 15.6. The van der Waals surface area contributed by atoms with Crippen LogP contribution in [0.5, 0.6) is 0 Å². The molecule has 3 heteroatoms. The molecule has 0 aromatic rings. The van der Waals surface area contributed by atoms with Crippen LogP contribution in [0.1, 0.15) is 77.6 Å². The number of rotatable bonds is 8. The molecule has 3 aliphatic rings. The minimum Gasteiger partial charge on any atom is -0.376 e. The Morgan fingerprint density at radius 2 is 1.91 bits per heavy atom. The maximum Gasteiger partial charge on any atom is 0.136 e. The van der Waals surface area contributed by atoms with Gasteiger partial charge in [-0.1, -0.05) is 39.0 Å². The molecule has 0 amide bonds. The number of unbranched alkanes of at least 4 members (excludes halogenated alkanes) is 5. The Kier molecular flexibility index (Phi) is 5.24. The van der Waals surface area contributed by atoms with Gasteiger partial charge in [0.1, 0.15) is 11.5 Å². The molecule has 0 aromatic heterocycles. The molecule has 0 radical (unpaired) electrons. The standard InChI is InChI=1S/C19H33NO2/c1-2-3-4-5-6-7-12-20-19(22)11-10-15-13-14-8-9-16(21)17(14)18(15)19/h14-15,17-18,20,22H,2-13H2,1H3. The van der Waals surface area contributed by atoms with E-state index in [-0.39, 0.29) is 11.8 Å². The summed E-state index contributed by atoms with van der Waals surface area (Å²) in [6, 6.07) is 0. The van der Waals surface area contributed by atoms with E-state index in [0.717, 1.165) is 38.6 Å². The molecular formula is C19H33NO2. The second-order valence-electron chi connectivity index (χ2n) is 7.97. The fraction of sp³-hybridized carbons (Fsp3) is 0.947. The quantitative estimate of drug-likeness (QED) is 0.531. The molecule has 0 spiro atoms. The van der Waals surface area contributed by atoms with Crippen molar-refractivity contribution in [3.8, 4) is 0 Å². The van der Waals surface area contributed by atoms with Gasteiger partial charge < -0.3 is 5.11 Å². The summed E-state index contributed by atoms with van der Waals surface area (Å²) in [6.07, 6.45) is 12.6. The van der Waals surface area contributed by atoms with Crippen LogP contribution in [0.25, 0.3) is 0 Å². The van der Waals surface area contributed by atoms with Crippen molar-refractivity contribution < 1.29 is 9.90 Å². The number of aliphatic hydroxyl groups is 1. The Morgan fingerprint density at radius 3 is 2.73 bits per heavy atom. The molecule has 3 rings (SSSR count). The highest BCUT2D eigenvalue weighted by atomic mass is 16.3. The Labute approximate surface area is 135 Å². The van der Waals surface area contributed by atoms with E-state index < -0.39 is 5.72 Å².